The second-order valence-corrected chi connectivity index (χ2v) is 14.2. The van der Waals surface area contributed by atoms with Gasteiger partial charge in [-0.1, -0.05) is 182 Å². The van der Waals surface area contributed by atoms with E-state index in [1.165, 1.54) is 60.1 Å². The number of rotatable bonds is 5. The number of para-hydroxylation sites is 1. The van der Waals surface area contributed by atoms with E-state index in [-0.39, 0.29) is 0 Å². The first kappa shape index (κ1) is 31.2. The highest BCUT2D eigenvalue weighted by atomic mass is 15.2. The van der Waals surface area contributed by atoms with Crippen LogP contribution in [0.2, 0.25) is 0 Å². The van der Waals surface area contributed by atoms with Crippen molar-refractivity contribution < 1.29 is 0 Å². The molecule has 0 bridgehead atoms. The molecule has 0 spiro atoms. The minimum Gasteiger partial charge on any atom is -0.278 e. The monoisotopic (exact) mass is 699 g/mol. The van der Waals surface area contributed by atoms with Gasteiger partial charge in [-0.2, -0.15) is 0 Å². The summed E-state index contributed by atoms with van der Waals surface area (Å²) in [5.41, 5.74) is 12.1. The maximum atomic E-state index is 5.50. The molecule has 0 N–H and O–H groups in total. The SMILES string of the molecule is c1ccc(-c2ccc3c4c5ccccc5c(-c5ccccc5)cc4n(-c4nc(-c5ccc(-c6cccc7ccccc67)cc5)c5ccccc5n4)c3c2)cc1. The average Bonchev–Trinajstić information content (AvgIpc) is 3.60. The highest BCUT2D eigenvalue weighted by molar-refractivity contribution is 6.24. The Labute approximate surface area is 318 Å². The average molecular weight is 700 g/mol. The van der Waals surface area contributed by atoms with Gasteiger partial charge in [0, 0.05) is 21.7 Å². The molecule has 0 radical (unpaired) electrons. The third kappa shape index (κ3) is 5.13. The Morgan fingerprint density at radius 2 is 0.927 bits per heavy atom. The molecule has 11 rings (SSSR count). The Bertz CT molecular complexity index is 3230. The first-order valence-corrected chi connectivity index (χ1v) is 18.7. The lowest BCUT2D eigenvalue weighted by Crippen LogP contribution is -2.03. The van der Waals surface area contributed by atoms with E-state index in [4.69, 9.17) is 9.97 Å². The van der Waals surface area contributed by atoms with E-state index in [9.17, 15) is 0 Å². The minimum atomic E-state index is 0.645. The van der Waals surface area contributed by atoms with Crippen LogP contribution < -0.4 is 0 Å². The fourth-order valence-corrected chi connectivity index (χ4v) is 8.43. The maximum absolute atomic E-state index is 5.50. The maximum Gasteiger partial charge on any atom is 0.235 e. The number of fused-ring (bicyclic) bond motifs is 7. The molecule has 256 valence electrons. The predicted octanol–water partition coefficient (Wildman–Crippen LogP) is 13.7. The van der Waals surface area contributed by atoms with E-state index in [1.807, 2.05) is 0 Å². The summed E-state index contributed by atoms with van der Waals surface area (Å²) in [6.07, 6.45) is 0. The Kier molecular flexibility index (Phi) is 7.17. The molecule has 0 amide bonds. The Hall–Kier alpha value is -7.36. The molecular weight excluding hydrogens is 667 g/mol. The molecule has 0 saturated heterocycles. The van der Waals surface area contributed by atoms with E-state index >= 15 is 0 Å². The second-order valence-electron chi connectivity index (χ2n) is 14.2. The van der Waals surface area contributed by atoms with Crippen molar-refractivity contribution in [3.05, 3.63) is 200 Å². The summed E-state index contributed by atoms with van der Waals surface area (Å²) in [4.78, 5) is 10.8. The van der Waals surface area contributed by atoms with Crippen LogP contribution in [0.4, 0.5) is 0 Å². The van der Waals surface area contributed by atoms with Crippen LogP contribution in [0.5, 0.6) is 0 Å². The van der Waals surface area contributed by atoms with Crippen LogP contribution in [-0.2, 0) is 0 Å². The van der Waals surface area contributed by atoms with Gasteiger partial charge in [0.05, 0.1) is 22.2 Å². The third-order valence-corrected chi connectivity index (χ3v) is 11.0. The summed E-state index contributed by atoms with van der Waals surface area (Å²) in [5.74, 6) is 0.645. The number of nitrogens with zero attached hydrogens (tertiary/aromatic N) is 3. The van der Waals surface area contributed by atoms with Crippen molar-refractivity contribution in [2.45, 2.75) is 0 Å². The van der Waals surface area contributed by atoms with Crippen LogP contribution in [0, 0.1) is 0 Å². The van der Waals surface area contributed by atoms with E-state index in [1.54, 1.807) is 0 Å². The molecule has 11 aromatic rings. The molecule has 3 heteroatoms. The number of aromatic nitrogens is 3. The van der Waals surface area contributed by atoms with Gasteiger partial charge in [-0.3, -0.25) is 4.57 Å². The van der Waals surface area contributed by atoms with Crippen LogP contribution >= 0.6 is 0 Å². The number of benzene rings is 9. The lowest BCUT2D eigenvalue weighted by Gasteiger charge is -2.14. The Balaban J connectivity index is 1.19. The first-order chi connectivity index (χ1) is 27.3. The molecule has 9 aromatic carbocycles. The number of hydrogen-bond donors (Lipinski definition) is 0. The Morgan fingerprint density at radius 1 is 0.327 bits per heavy atom. The molecule has 0 atom stereocenters. The lowest BCUT2D eigenvalue weighted by atomic mass is 9.94. The molecule has 0 unspecified atom stereocenters. The second kappa shape index (κ2) is 12.6. The summed E-state index contributed by atoms with van der Waals surface area (Å²) >= 11 is 0. The molecule has 3 nitrogen and oxygen atoms in total. The van der Waals surface area contributed by atoms with E-state index < -0.39 is 0 Å². The van der Waals surface area contributed by atoms with E-state index in [0.717, 1.165) is 38.8 Å². The topological polar surface area (TPSA) is 30.7 Å². The largest absolute Gasteiger partial charge is 0.278 e. The summed E-state index contributed by atoms with van der Waals surface area (Å²) in [6, 6.07) is 71.5. The Morgan fingerprint density at radius 3 is 1.73 bits per heavy atom. The molecule has 55 heavy (non-hydrogen) atoms. The van der Waals surface area contributed by atoms with Gasteiger partial charge >= 0.3 is 0 Å². The summed E-state index contributed by atoms with van der Waals surface area (Å²) in [5, 5.41) is 8.30. The first-order valence-electron chi connectivity index (χ1n) is 18.7. The van der Waals surface area contributed by atoms with Crippen molar-refractivity contribution in [3.8, 4) is 50.6 Å². The molecule has 0 aliphatic rings. The molecule has 2 aromatic heterocycles. The van der Waals surface area contributed by atoms with Gasteiger partial charge in [0.15, 0.2) is 0 Å². The number of hydrogen-bond acceptors (Lipinski definition) is 2. The highest BCUT2D eigenvalue weighted by Gasteiger charge is 2.21. The normalized spacial score (nSPS) is 11.6. The van der Waals surface area contributed by atoms with E-state index in [0.29, 0.717) is 5.95 Å². The zero-order valence-electron chi connectivity index (χ0n) is 29.9. The fourth-order valence-electron chi connectivity index (χ4n) is 8.43. The van der Waals surface area contributed by atoms with Gasteiger partial charge in [-0.25, -0.2) is 9.97 Å². The lowest BCUT2D eigenvalue weighted by molar-refractivity contribution is 1.01. The van der Waals surface area contributed by atoms with Gasteiger partial charge in [-0.05, 0) is 73.1 Å². The van der Waals surface area contributed by atoms with Gasteiger partial charge in [-0.15, -0.1) is 0 Å². The van der Waals surface area contributed by atoms with Gasteiger partial charge < -0.3 is 0 Å². The van der Waals surface area contributed by atoms with Crippen molar-refractivity contribution in [1.29, 1.82) is 0 Å². The van der Waals surface area contributed by atoms with Crippen LogP contribution in [0.1, 0.15) is 0 Å². The van der Waals surface area contributed by atoms with Crippen molar-refractivity contribution >= 4 is 54.3 Å². The zero-order valence-corrected chi connectivity index (χ0v) is 29.9. The molecule has 0 saturated carbocycles. The van der Waals surface area contributed by atoms with Crippen molar-refractivity contribution in [1.82, 2.24) is 14.5 Å². The highest BCUT2D eigenvalue weighted by Crippen LogP contribution is 2.43. The third-order valence-electron chi connectivity index (χ3n) is 11.0. The van der Waals surface area contributed by atoms with Crippen molar-refractivity contribution in [2.24, 2.45) is 0 Å². The molecule has 0 aliphatic carbocycles. The summed E-state index contributed by atoms with van der Waals surface area (Å²) in [7, 11) is 0. The molecule has 0 fully saturated rings. The van der Waals surface area contributed by atoms with Gasteiger partial charge in [0.25, 0.3) is 0 Å². The van der Waals surface area contributed by atoms with Crippen molar-refractivity contribution in [2.75, 3.05) is 0 Å². The fraction of sp³-hybridized carbons (Fsp3) is 0. The quantitative estimate of drug-likeness (QED) is 0.179. The smallest absolute Gasteiger partial charge is 0.235 e. The minimum absolute atomic E-state index is 0.645. The summed E-state index contributed by atoms with van der Waals surface area (Å²) in [6.45, 7) is 0. The van der Waals surface area contributed by atoms with Crippen LogP contribution in [-0.4, -0.2) is 14.5 Å². The van der Waals surface area contributed by atoms with E-state index in [2.05, 4.69) is 205 Å². The standard InChI is InChI=1S/C52H33N3/c1-3-14-34(15-4-1)39-30-31-45-48(32-39)55(49-33-46(36-16-5-2-6-17-36)42-21-9-10-22-43(42)50(45)49)52-53-47-25-12-11-23-44(47)51(54-52)38-28-26-37(27-29-38)41-24-13-19-35-18-7-8-20-40(35)41/h1-33H. The zero-order chi connectivity index (χ0) is 36.3. The van der Waals surface area contributed by atoms with Crippen LogP contribution in [0.3, 0.4) is 0 Å². The van der Waals surface area contributed by atoms with Crippen LogP contribution in [0.15, 0.2) is 200 Å². The molecule has 2 heterocycles. The predicted molar refractivity (Wildman–Crippen MR) is 231 cm³/mol. The molecular formula is C52H33N3. The van der Waals surface area contributed by atoms with Crippen molar-refractivity contribution in [3.63, 3.8) is 0 Å². The van der Waals surface area contributed by atoms with Crippen LogP contribution in [0.25, 0.3) is 105 Å². The van der Waals surface area contributed by atoms with Gasteiger partial charge in [0.1, 0.15) is 0 Å². The summed E-state index contributed by atoms with van der Waals surface area (Å²) < 4.78 is 2.29. The van der Waals surface area contributed by atoms with Gasteiger partial charge in [0.2, 0.25) is 5.95 Å². The molecule has 0 aliphatic heterocycles.